The van der Waals surface area contributed by atoms with Gasteiger partial charge in [-0.2, -0.15) is 26.3 Å². The van der Waals surface area contributed by atoms with Gasteiger partial charge in [0.15, 0.2) is 13.2 Å². The first kappa shape index (κ1) is 17.9. The van der Waals surface area contributed by atoms with Crippen LogP contribution in [-0.2, 0) is 13.6 Å². The fourth-order valence-corrected chi connectivity index (χ4v) is 1.70. The maximum atomic E-state index is 11.9. The molecule has 0 heterocycles. The van der Waals surface area contributed by atoms with Crippen molar-refractivity contribution in [1.82, 2.24) is 0 Å². The van der Waals surface area contributed by atoms with Crippen molar-refractivity contribution in [1.29, 1.82) is 0 Å². The Morgan fingerprint density at radius 2 is 1.11 bits per heavy atom. The zero-order valence-electron chi connectivity index (χ0n) is 9.85. The molecule has 10 heteroatoms. The van der Waals surface area contributed by atoms with E-state index in [0.29, 0.717) is 0 Å². The summed E-state index contributed by atoms with van der Waals surface area (Å²) in [5.41, 5.74) is -0.983. The summed E-state index contributed by atoms with van der Waals surface area (Å²) in [6.07, 6.45) is -9.33. The fourth-order valence-electron chi connectivity index (χ4n) is 0.565. The van der Waals surface area contributed by atoms with E-state index < -0.39 is 39.8 Å². The summed E-state index contributed by atoms with van der Waals surface area (Å²) in [4.78, 5) is 0. The second-order valence-corrected chi connectivity index (χ2v) is 5.35. The largest absolute Gasteiger partial charge is 0.412 e. The van der Waals surface area contributed by atoms with E-state index in [0.717, 1.165) is 0 Å². The normalized spacial score (nSPS) is 14.3. The Bertz CT molecular complexity index is 229. The number of hydrogen-bond donors (Lipinski definition) is 0. The monoisotopic (exact) mass is 302 g/mol. The van der Waals surface area contributed by atoms with Crippen LogP contribution in [0.25, 0.3) is 0 Å². The summed E-state index contributed by atoms with van der Waals surface area (Å²) in [7, 11) is -2.72. The van der Waals surface area contributed by atoms with Crippen LogP contribution in [0.3, 0.4) is 0 Å². The Labute approximate surface area is 101 Å². The molecule has 0 radical (unpaired) electrons. The van der Waals surface area contributed by atoms with Crippen molar-refractivity contribution in [2.75, 3.05) is 13.2 Å². The summed E-state index contributed by atoms with van der Waals surface area (Å²) in [6.45, 7) is 0.905. The second-order valence-electron chi connectivity index (χ2n) is 4.20. The summed E-state index contributed by atoms with van der Waals surface area (Å²) >= 11 is 0. The average Bonchev–Trinajstić information content (AvgIpc) is 2.05. The zero-order chi connectivity index (χ0) is 14.6. The van der Waals surface area contributed by atoms with E-state index in [9.17, 15) is 26.3 Å². The van der Waals surface area contributed by atoms with Crippen LogP contribution in [0.2, 0.25) is 0 Å². The first-order valence-electron chi connectivity index (χ1n) is 4.67. The highest BCUT2D eigenvalue weighted by molar-refractivity contribution is 7.41. The molecule has 0 amide bonds. The molecule has 0 saturated carbocycles. The van der Waals surface area contributed by atoms with E-state index >= 15 is 0 Å². The van der Waals surface area contributed by atoms with Gasteiger partial charge in [-0.3, -0.25) is 0 Å². The molecule has 0 saturated heterocycles. The van der Waals surface area contributed by atoms with Gasteiger partial charge in [0.2, 0.25) is 0 Å². The highest BCUT2D eigenvalue weighted by Crippen LogP contribution is 2.45. The number of alkyl halides is 6. The second kappa shape index (κ2) is 6.36. The molecule has 0 aliphatic carbocycles. The van der Waals surface area contributed by atoms with Crippen LogP contribution >= 0.6 is 8.60 Å². The Morgan fingerprint density at radius 1 is 0.778 bits per heavy atom. The molecule has 0 fully saturated rings. The molecule has 0 aliphatic rings. The third-order valence-corrected chi connectivity index (χ3v) is 2.39. The van der Waals surface area contributed by atoms with Crippen molar-refractivity contribution in [3.63, 3.8) is 0 Å². The first-order chi connectivity index (χ1) is 7.79. The lowest BCUT2D eigenvalue weighted by Gasteiger charge is -2.26. The molecule has 110 valence electrons. The van der Waals surface area contributed by atoms with Crippen LogP contribution in [0.5, 0.6) is 0 Å². The van der Waals surface area contributed by atoms with Crippen LogP contribution in [0.15, 0.2) is 0 Å². The van der Waals surface area contributed by atoms with Gasteiger partial charge in [-0.25, -0.2) is 0 Å². The minimum atomic E-state index is -4.66. The van der Waals surface area contributed by atoms with E-state index in [4.69, 9.17) is 4.52 Å². The van der Waals surface area contributed by atoms with E-state index in [1.54, 1.807) is 0 Å². The predicted molar refractivity (Wildman–Crippen MR) is 51.8 cm³/mol. The molecule has 0 spiro atoms. The van der Waals surface area contributed by atoms with Gasteiger partial charge < -0.3 is 13.6 Å². The molecule has 0 aromatic carbocycles. The molecule has 0 unspecified atom stereocenters. The van der Waals surface area contributed by atoms with Gasteiger partial charge >= 0.3 is 21.0 Å². The van der Waals surface area contributed by atoms with E-state index in [1.807, 2.05) is 0 Å². The smallest absolute Gasteiger partial charge is 0.306 e. The Kier molecular flexibility index (Phi) is 6.32. The number of hydrogen-bond acceptors (Lipinski definition) is 3. The minimum Gasteiger partial charge on any atom is -0.306 e. The van der Waals surface area contributed by atoms with Crippen molar-refractivity contribution in [3.8, 4) is 0 Å². The lowest BCUT2D eigenvalue weighted by atomic mass is 10.2. The standard InChI is InChI=1S/C8H13F6O3P/c1-6(2,3)17-18(15-4-7(9,10)11)16-5-8(12,13)14/h4-5H2,1-3H3. The van der Waals surface area contributed by atoms with Gasteiger partial charge in [0.25, 0.3) is 0 Å². The molecule has 0 rings (SSSR count). The molecule has 0 aromatic rings. The van der Waals surface area contributed by atoms with Crippen molar-refractivity contribution < 1.29 is 39.9 Å². The molecular formula is C8H13F6O3P. The highest BCUT2D eigenvalue weighted by atomic mass is 31.2. The summed E-state index contributed by atoms with van der Waals surface area (Å²) in [5, 5.41) is 0. The maximum absolute atomic E-state index is 11.9. The van der Waals surface area contributed by atoms with Crippen LogP contribution < -0.4 is 0 Å². The summed E-state index contributed by atoms with van der Waals surface area (Å²) in [6, 6.07) is 0. The van der Waals surface area contributed by atoms with Gasteiger partial charge in [0.1, 0.15) is 0 Å². The third-order valence-electron chi connectivity index (χ3n) is 1.02. The SMILES string of the molecule is CC(C)(C)OP(OCC(F)(F)F)OCC(F)(F)F. The lowest BCUT2D eigenvalue weighted by Crippen LogP contribution is -2.23. The van der Waals surface area contributed by atoms with Crippen LogP contribution in [-0.4, -0.2) is 31.2 Å². The minimum absolute atomic E-state index is 0.983. The van der Waals surface area contributed by atoms with E-state index in [1.165, 1.54) is 20.8 Å². The van der Waals surface area contributed by atoms with E-state index in [-0.39, 0.29) is 0 Å². The van der Waals surface area contributed by atoms with Gasteiger partial charge in [-0.15, -0.1) is 0 Å². The topological polar surface area (TPSA) is 27.7 Å². The Morgan fingerprint density at radius 3 is 1.33 bits per heavy atom. The zero-order valence-corrected chi connectivity index (χ0v) is 10.7. The molecule has 18 heavy (non-hydrogen) atoms. The van der Waals surface area contributed by atoms with Crippen LogP contribution in [0.1, 0.15) is 20.8 Å². The number of rotatable bonds is 5. The van der Waals surface area contributed by atoms with Gasteiger partial charge in [-0.05, 0) is 20.8 Å². The fraction of sp³-hybridized carbons (Fsp3) is 1.00. The highest BCUT2D eigenvalue weighted by Gasteiger charge is 2.35. The van der Waals surface area contributed by atoms with Crippen LogP contribution in [0, 0.1) is 0 Å². The van der Waals surface area contributed by atoms with Crippen molar-refractivity contribution in [3.05, 3.63) is 0 Å². The Hall–Kier alpha value is -0.110. The quantitative estimate of drug-likeness (QED) is 0.563. The molecule has 0 aromatic heterocycles. The molecule has 0 bridgehead atoms. The molecule has 3 nitrogen and oxygen atoms in total. The number of halogens is 6. The lowest BCUT2D eigenvalue weighted by molar-refractivity contribution is -0.168. The molecule has 0 N–H and O–H groups in total. The van der Waals surface area contributed by atoms with E-state index in [2.05, 4.69) is 9.05 Å². The third kappa shape index (κ3) is 12.3. The average molecular weight is 302 g/mol. The summed E-state index contributed by atoms with van der Waals surface area (Å²) in [5.74, 6) is 0. The molecule has 0 aliphatic heterocycles. The maximum Gasteiger partial charge on any atom is 0.412 e. The first-order valence-corrected chi connectivity index (χ1v) is 5.77. The molecular weight excluding hydrogens is 289 g/mol. The summed E-state index contributed by atoms with van der Waals surface area (Å²) < 4.78 is 84.4. The Balaban J connectivity index is 4.35. The van der Waals surface area contributed by atoms with Gasteiger partial charge in [-0.1, -0.05) is 0 Å². The van der Waals surface area contributed by atoms with Gasteiger partial charge in [0, 0.05) is 0 Å². The van der Waals surface area contributed by atoms with Crippen molar-refractivity contribution >= 4 is 8.60 Å². The van der Waals surface area contributed by atoms with Crippen LogP contribution in [0.4, 0.5) is 26.3 Å². The van der Waals surface area contributed by atoms with Crippen molar-refractivity contribution in [2.24, 2.45) is 0 Å². The van der Waals surface area contributed by atoms with Gasteiger partial charge in [0.05, 0.1) is 5.60 Å². The van der Waals surface area contributed by atoms with Crippen molar-refractivity contribution in [2.45, 2.75) is 38.7 Å². The molecule has 0 atom stereocenters. The predicted octanol–water partition coefficient (Wildman–Crippen LogP) is 4.19.